The molecular formula is C15H22ClN3O4. The van der Waals surface area contributed by atoms with E-state index in [1.165, 1.54) is 7.11 Å². The molecule has 1 atom stereocenters. The molecule has 1 aromatic carbocycles. The zero-order valence-electron chi connectivity index (χ0n) is 13.2. The second-order valence-electron chi connectivity index (χ2n) is 4.90. The minimum atomic E-state index is -1.07. The van der Waals surface area contributed by atoms with Gasteiger partial charge in [-0.05, 0) is 44.8 Å². The summed E-state index contributed by atoms with van der Waals surface area (Å²) in [5, 5.41) is 18.1. The van der Waals surface area contributed by atoms with E-state index in [1.807, 2.05) is 7.05 Å². The summed E-state index contributed by atoms with van der Waals surface area (Å²) >= 11 is 5.89. The molecule has 1 aromatic rings. The van der Waals surface area contributed by atoms with Crippen LogP contribution in [0.15, 0.2) is 18.2 Å². The number of aliphatic carboxylic acids is 1. The van der Waals surface area contributed by atoms with Crippen LogP contribution < -0.4 is 20.7 Å². The maximum atomic E-state index is 12.1. The largest absolute Gasteiger partial charge is 0.495 e. The van der Waals surface area contributed by atoms with Gasteiger partial charge in [-0.2, -0.15) is 0 Å². The zero-order chi connectivity index (χ0) is 17.2. The number of nitrogens with one attached hydrogen (secondary N) is 3. The number of benzene rings is 1. The Kier molecular flexibility index (Phi) is 8.39. The molecule has 0 saturated carbocycles. The van der Waals surface area contributed by atoms with Gasteiger partial charge in [-0.3, -0.25) is 9.59 Å². The first-order valence-electron chi connectivity index (χ1n) is 7.22. The molecule has 8 heteroatoms. The first-order chi connectivity index (χ1) is 11.0. The van der Waals surface area contributed by atoms with Crippen molar-refractivity contribution in [3.63, 3.8) is 0 Å². The molecule has 0 heterocycles. The summed E-state index contributed by atoms with van der Waals surface area (Å²) in [6, 6.07) is 3.87. The van der Waals surface area contributed by atoms with E-state index >= 15 is 0 Å². The smallest absolute Gasteiger partial charge is 0.321 e. The van der Waals surface area contributed by atoms with Gasteiger partial charge in [0, 0.05) is 5.02 Å². The fourth-order valence-corrected chi connectivity index (χ4v) is 2.12. The molecule has 0 fully saturated rings. The van der Waals surface area contributed by atoms with Crippen LogP contribution in [0, 0.1) is 0 Å². The van der Waals surface area contributed by atoms with Gasteiger partial charge >= 0.3 is 5.97 Å². The SMILES string of the molecule is CNCCCN[C@@H](CC(=O)Nc1cc(Cl)ccc1OC)C(=O)O. The van der Waals surface area contributed by atoms with Gasteiger partial charge in [0.15, 0.2) is 0 Å². The topological polar surface area (TPSA) is 99.7 Å². The van der Waals surface area contributed by atoms with Crippen molar-refractivity contribution in [2.24, 2.45) is 0 Å². The summed E-state index contributed by atoms with van der Waals surface area (Å²) in [5.41, 5.74) is 0.407. The Hall–Kier alpha value is -1.83. The lowest BCUT2D eigenvalue weighted by molar-refractivity contribution is -0.141. The molecule has 0 unspecified atom stereocenters. The molecule has 4 N–H and O–H groups in total. The molecular weight excluding hydrogens is 322 g/mol. The highest BCUT2D eigenvalue weighted by Gasteiger charge is 2.21. The number of hydrogen-bond donors (Lipinski definition) is 4. The number of rotatable bonds is 10. The van der Waals surface area contributed by atoms with E-state index in [2.05, 4.69) is 16.0 Å². The summed E-state index contributed by atoms with van der Waals surface area (Å²) in [7, 11) is 3.29. The highest BCUT2D eigenvalue weighted by Crippen LogP contribution is 2.27. The fraction of sp³-hybridized carbons (Fsp3) is 0.467. The van der Waals surface area contributed by atoms with Crippen LogP contribution >= 0.6 is 11.6 Å². The molecule has 1 rings (SSSR count). The number of halogens is 1. The van der Waals surface area contributed by atoms with Gasteiger partial charge in [0.25, 0.3) is 0 Å². The predicted molar refractivity (Wildman–Crippen MR) is 89.2 cm³/mol. The second-order valence-corrected chi connectivity index (χ2v) is 5.34. The van der Waals surface area contributed by atoms with Gasteiger partial charge in [0.05, 0.1) is 19.2 Å². The molecule has 0 bridgehead atoms. The van der Waals surface area contributed by atoms with Crippen LogP contribution in [0.2, 0.25) is 5.02 Å². The Morgan fingerprint density at radius 2 is 2.09 bits per heavy atom. The fourth-order valence-electron chi connectivity index (χ4n) is 1.95. The first-order valence-corrected chi connectivity index (χ1v) is 7.60. The Labute approximate surface area is 140 Å². The van der Waals surface area contributed by atoms with Gasteiger partial charge in [-0.25, -0.2) is 0 Å². The summed E-state index contributed by atoms with van der Waals surface area (Å²) < 4.78 is 5.13. The maximum absolute atomic E-state index is 12.1. The molecule has 1 amide bonds. The van der Waals surface area contributed by atoms with E-state index in [-0.39, 0.29) is 6.42 Å². The minimum Gasteiger partial charge on any atom is -0.495 e. The molecule has 0 spiro atoms. The molecule has 7 nitrogen and oxygen atoms in total. The Bertz CT molecular complexity index is 539. The second kappa shape index (κ2) is 10.0. The van der Waals surface area contributed by atoms with E-state index in [1.54, 1.807) is 18.2 Å². The standard InChI is InChI=1S/C15H22ClN3O4/c1-17-6-3-7-18-12(15(21)22)9-14(20)19-11-8-10(16)4-5-13(11)23-2/h4-5,8,12,17-18H,3,6-7,9H2,1-2H3,(H,19,20)(H,21,22)/t12-/m0/s1. The van der Waals surface area contributed by atoms with E-state index in [4.69, 9.17) is 16.3 Å². The van der Waals surface area contributed by atoms with Crippen molar-refractivity contribution in [2.45, 2.75) is 18.9 Å². The summed E-state index contributed by atoms with van der Waals surface area (Å²) in [4.78, 5) is 23.3. The van der Waals surface area contributed by atoms with Crippen molar-refractivity contribution >= 4 is 29.2 Å². The van der Waals surface area contributed by atoms with Gasteiger partial charge in [0.1, 0.15) is 11.8 Å². The van der Waals surface area contributed by atoms with E-state index in [0.29, 0.717) is 23.0 Å². The highest BCUT2D eigenvalue weighted by molar-refractivity contribution is 6.31. The number of ether oxygens (including phenoxy) is 1. The number of carbonyl (C=O) groups excluding carboxylic acids is 1. The summed E-state index contributed by atoms with van der Waals surface area (Å²) in [6.07, 6.45) is 0.578. The Balaban J connectivity index is 2.62. The number of anilines is 1. The van der Waals surface area contributed by atoms with Gasteiger partial charge in [0.2, 0.25) is 5.91 Å². The monoisotopic (exact) mass is 343 g/mol. The lowest BCUT2D eigenvalue weighted by Gasteiger charge is -2.15. The molecule has 128 valence electrons. The third-order valence-corrected chi connectivity index (χ3v) is 3.35. The third kappa shape index (κ3) is 6.85. The average molecular weight is 344 g/mol. The molecule has 0 aromatic heterocycles. The summed E-state index contributed by atoms with van der Waals surface area (Å²) in [6.45, 7) is 1.27. The molecule has 0 saturated heterocycles. The Morgan fingerprint density at radius 3 is 2.70 bits per heavy atom. The van der Waals surface area contributed by atoms with Crippen LogP contribution in [0.4, 0.5) is 5.69 Å². The van der Waals surface area contributed by atoms with Crippen LogP contribution in [-0.4, -0.2) is 50.3 Å². The van der Waals surface area contributed by atoms with Crippen molar-refractivity contribution in [3.05, 3.63) is 23.2 Å². The number of carbonyl (C=O) groups is 2. The predicted octanol–water partition coefficient (Wildman–Crippen LogP) is 1.33. The normalized spacial score (nSPS) is 11.8. The number of amides is 1. The lowest BCUT2D eigenvalue weighted by atomic mass is 10.2. The highest BCUT2D eigenvalue weighted by atomic mass is 35.5. The van der Waals surface area contributed by atoms with E-state index in [0.717, 1.165) is 13.0 Å². The third-order valence-electron chi connectivity index (χ3n) is 3.12. The van der Waals surface area contributed by atoms with Crippen LogP contribution in [0.5, 0.6) is 5.75 Å². The van der Waals surface area contributed by atoms with Gasteiger partial charge in [-0.1, -0.05) is 11.6 Å². The molecule has 23 heavy (non-hydrogen) atoms. The van der Waals surface area contributed by atoms with Crippen molar-refractivity contribution < 1.29 is 19.4 Å². The van der Waals surface area contributed by atoms with Gasteiger partial charge in [-0.15, -0.1) is 0 Å². The zero-order valence-corrected chi connectivity index (χ0v) is 13.9. The number of hydrogen-bond acceptors (Lipinski definition) is 5. The van der Waals surface area contributed by atoms with Crippen LogP contribution in [0.3, 0.4) is 0 Å². The molecule has 0 radical (unpaired) electrons. The van der Waals surface area contributed by atoms with Crippen molar-refractivity contribution in [2.75, 3.05) is 32.6 Å². The van der Waals surface area contributed by atoms with Crippen LogP contribution in [0.1, 0.15) is 12.8 Å². The molecule has 0 aliphatic rings. The molecule has 0 aliphatic carbocycles. The van der Waals surface area contributed by atoms with Crippen molar-refractivity contribution in [1.29, 1.82) is 0 Å². The van der Waals surface area contributed by atoms with Gasteiger partial charge < -0.3 is 25.8 Å². The Morgan fingerprint density at radius 1 is 1.35 bits per heavy atom. The minimum absolute atomic E-state index is 0.190. The number of carboxylic acids is 1. The number of methoxy groups -OCH3 is 1. The molecule has 0 aliphatic heterocycles. The van der Waals surface area contributed by atoms with E-state index < -0.39 is 17.9 Å². The van der Waals surface area contributed by atoms with Crippen LogP contribution in [0.25, 0.3) is 0 Å². The van der Waals surface area contributed by atoms with Crippen LogP contribution in [-0.2, 0) is 9.59 Å². The average Bonchev–Trinajstić information content (AvgIpc) is 2.50. The lowest BCUT2D eigenvalue weighted by Crippen LogP contribution is -2.40. The van der Waals surface area contributed by atoms with Crippen molar-refractivity contribution in [3.8, 4) is 5.75 Å². The first kappa shape index (κ1) is 19.2. The number of carboxylic acid groups (broad SMARTS) is 1. The van der Waals surface area contributed by atoms with E-state index in [9.17, 15) is 14.7 Å². The quantitative estimate of drug-likeness (QED) is 0.478. The maximum Gasteiger partial charge on any atom is 0.321 e. The van der Waals surface area contributed by atoms with Crippen molar-refractivity contribution in [1.82, 2.24) is 10.6 Å². The summed E-state index contributed by atoms with van der Waals surface area (Å²) in [5.74, 6) is -1.04.